The molecular weight excluding hydrogens is 206 g/mol. The van der Waals surface area contributed by atoms with E-state index in [4.69, 9.17) is 10.6 Å². The van der Waals surface area contributed by atoms with E-state index < -0.39 is 0 Å². The Kier molecular flexibility index (Phi) is 3.78. The van der Waals surface area contributed by atoms with Crippen LogP contribution in [0.5, 0.6) is 0 Å². The summed E-state index contributed by atoms with van der Waals surface area (Å²) >= 11 is 0. The number of nitrogens with two attached hydrogens (primary N) is 1. The molecule has 2 rings (SSSR count). The van der Waals surface area contributed by atoms with E-state index in [-0.39, 0.29) is 11.9 Å². The van der Waals surface area contributed by atoms with Crippen LogP contribution >= 0.6 is 0 Å². The number of hydrazine groups is 1. The monoisotopic (exact) mass is 227 g/mol. The number of amides is 1. The topological polar surface area (TPSA) is 67.6 Å². The van der Waals surface area contributed by atoms with Crippen LogP contribution in [0.3, 0.4) is 0 Å². The maximum Gasteiger partial charge on any atom is 0.253 e. The SMILES string of the molecule is COCC(C(=O)NN)N1CC2CCCC2C1. The standard InChI is InChI=1S/C11H21N3O2/c1-16-7-10(11(15)13-12)14-5-8-3-2-4-9(8)6-14/h8-10H,2-7,12H2,1H3,(H,13,15). The molecule has 0 aromatic rings. The molecule has 0 radical (unpaired) electrons. The second kappa shape index (κ2) is 5.12. The highest BCUT2D eigenvalue weighted by Crippen LogP contribution is 2.38. The van der Waals surface area contributed by atoms with Gasteiger partial charge in [0.05, 0.1) is 6.61 Å². The predicted molar refractivity (Wildman–Crippen MR) is 60.4 cm³/mol. The number of hydrogen-bond donors (Lipinski definition) is 2. The summed E-state index contributed by atoms with van der Waals surface area (Å²) in [5.74, 6) is 6.63. The number of methoxy groups -OCH3 is 1. The molecule has 3 atom stereocenters. The Labute approximate surface area is 96.3 Å². The molecule has 0 aromatic heterocycles. The van der Waals surface area contributed by atoms with Crippen LogP contribution in [0.15, 0.2) is 0 Å². The first-order valence-electron chi connectivity index (χ1n) is 5.99. The Hall–Kier alpha value is -0.650. The summed E-state index contributed by atoms with van der Waals surface area (Å²) in [6.45, 7) is 2.46. The second-order valence-electron chi connectivity index (χ2n) is 4.88. The van der Waals surface area contributed by atoms with Gasteiger partial charge in [-0.3, -0.25) is 15.1 Å². The van der Waals surface area contributed by atoms with E-state index >= 15 is 0 Å². The van der Waals surface area contributed by atoms with Crippen molar-refractivity contribution in [3.05, 3.63) is 0 Å². The van der Waals surface area contributed by atoms with Crippen LogP contribution in [0.4, 0.5) is 0 Å². The average molecular weight is 227 g/mol. The number of fused-ring (bicyclic) bond motifs is 1. The lowest BCUT2D eigenvalue weighted by atomic mass is 10.0. The molecule has 1 amide bonds. The highest BCUT2D eigenvalue weighted by atomic mass is 16.5. The molecule has 0 spiro atoms. The molecule has 0 bridgehead atoms. The van der Waals surface area contributed by atoms with Crippen molar-refractivity contribution in [1.29, 1.82) is 0 Å². The van der Waals surface area contributed by atoms with Crippen LogP contribution in [0.1, 0.15) is 19.3 Å². The van der Waals surface area contributed by atoms with Crippen LogP contribution < -0.4 is 11.3 Å². The zero-order valence-corrected chi connectivity index (χ0v) is 9.82. The van der Waals surface area contributed by atoms with Gasteiger partial charge in [0.1, 0.15) is 6.04 Å². The zero-order valence-electron chi connectivity index (χ0n) is 9.82. The molecule has 16 heavy (non-hydrogen) atoms. The molecule has 3 N–H and O–H groups in total. The minimum Gasteiger partial charge on any atom is -0.383 e. The van der Waals surface area contributed by atoms with Crippen molar-refractivity contribution < 1.29 is 9.53 Å². The summed E-state index contributed by atoms with van der Waals surface area (Å²) in [7, 11) is 1.62. The van der Waals surface area contributed by atoms with Gasteiger partial charge in [-0.2, -0.15) is 0 Å². The number of nitrogens with one attached hydrogen (secondary N) is 1. The summed E-state index contributed by atoms with van der Waals surface area (Å²) < 4.78 is 5.10. The Bertz CT molecular complexity index is 248. The maximum absolute atomic E-state index is 11.7. The Balaban J connectivity index is 1.96. The van der Waals surface area contributed by atoms with Gasteiger partial charge in [-0.25, -0.2) is 5.84 Å². The first-order chi connectivity index (χ1) is 7.76. The minimum atomic E-state index is -0.222. The number of carbonyl (C=O) groups excluding carboxylic acids is 1. The molecule has 92 valence electrons. The van der Waals surface area contributed by atoms with Gasteiger partial charge in [-0.05, 0) is 24.7 Å². The normalized spacial score (nSPS) is 31.4. The van der Waals surface area contributed by atoms with Crippen LogP contribution in [-0.2, 0) is 9.53 Å². The van der Waals surface area contributed by atoms with Gasteiger partial charge < -0.3 is 4.74 Å². The van der Waals surface area contributed by atoms with Gasteiger partial charge in [-0.1, -0.05) is 6.42 Å². The van der Waals surface area contributed by atoms with Crippen LogP contribution in [-0.4, -0.2) is 43.7 Å². The van der Waals surface area contributed by atoms with E-state index in [2.05, 4.69) is 10.3 Å². The zero-order chi connectivity index (χ0) is 11.5. The number of likely N-dealkylation sites (tertiary alicyclic amines) is 1. The molecule has 1 aliphatic heterocycles. The summed E-state index contributed by atoms with van der Waals surface area (Å²) in [5, 5.41) is 0. The number of hydrogen-bond acceptors (Lipinski definition) is 4. The smallest absolute Gasteiger partial charge is 0.253 e. The number of rotatable bonds is 4. The van der Waals surface area contributed by atoms with E-state index in [0.717, 1.165) is 24.9 Å². The molecule has 1 saturated heterocycles. The molecule has 5 heteroatoms. The molecular formula is C11H21N3O2. The number of nitrogens with zero attached hydrogens (tertiary/aromatic N) is 1. The summed E-state index contributed by atoms with van der Waals surface area (Å²) in [4.78, 5) is 13.9. The highest BCUT2D eigenvalue weighted by Gasteiger charge is 2.40. The minimum absolute atomic E-state index is 0.137. The molecule has 2 aliphatic rings. The molecule has 5 nitrogen and oxygen atoms in total. The molecule has 1 saturated carbocycles. The quantitative estimate of drug-likeness (QED) is 0.394. The Morgan fingerprint density at radius 2 is 2.12 bits per heavy atom. The van der Waals surface area contributed by atoms with Crippen molar-refractivity contribution in [2.45, 2.75) is 25.3 Å². The van der Waals surface area contributed by atoms with E-state index in [0.29, 0.717) is 6.61 Å². The van der Waals surface area contributed by atoms with E-state index in [1.807, 2.05) is 0 Å². The van der Waals surface area contributed by atoms with E-state index in [1.165, 1.54) is 19.3 Å². The Morgan fingerprint density at radius 3 is 2.62 bits per heavy atom. The van der Waals surface area contributed by atoms with E-state index in [9.17, 15) is 4.79 Å². The fraction of sp³-hybridized carbons (Fsp3) is 0.909. The fourth-order valence-electron chi connectivity index (χ4n) is 3.13. The second-order valence-corrected chi connectivity index (χ2v) is 4.88. The van der Waals surface area contributed by atoms with Crippen molar-refractivity contribution >= 4 is 5.91 Å². The maximum atomic E-state index is 11.7. The fourth-order valence-corrected chi connectivity index (χ4v) is 3.13. The van der Waals surface area contributed by atoms with Gasteiger partial charge in [-0.15, -0.1) is 0 Å². The van der Waals surface area contributed by atoms with Crippen LogP contribution in [0.2, 0.25) is 0 Å². The van der Waals surface area contributed by atoms with Crippen molar-refractivity contribution in [2.75, 3.05) is 26.8 Å². The number of ether oxygens (including phenoxy) is 1. The van der Waals surface area contributed by atoms with Gasteiger partial charge in [0.15, 0.2) is 0 Å². The van der Waals surface area contributed by atoms with Crippen LogP contribution in [0, 0.1) is 11.8 Å². The Morgan fingerprint density at radius 1 is 1.50 bits per heavy atom. The van der Waals surface area contributed by atoms with Crippen molar-refractivity contribution in [2.24, 2.45) is 17.7 Å². The number of carbonyl (C=O) groups is 1. The summed E-state index contributed by atoms with van der Waals surface area (Å²) in [6, 6.07) is -0.222. The molecule has 3 unspecified atom stereocenters. The molecule has 1 aliphatic carbocycles. The third-order valence-electron chi connectivity index (χ3n) is 3.96. The van der Waals surface area contributed by atoms with Gasteiger partial charge in [0.2, 0.25) is 0 Å². The summed E-state index contributed by atoms with van der Waals surface area (Å²) in [6.07, 6.45) is 3.97. The average Bonchev–Trinajstić information content (AvgIpc) is 2.84. The van der Waals surface area contributed by atoms with E-state index in [1.54, 1.807) is 7.11 Å². The third-order valence-corrected chi connectivity index (χ3v) is 3.96. The largest absolute Gasteiger partial charge is 0.383 e. The predicted octanol–water partition coefficient (Wildman–Crippen LogP) is -0.277. The molecule has 1 heterocycles. The van der Waals surface area contributed by atoms with Gasteiger partial charge in [0.25, 0.3) is 5.91 Å². The third kappa shape index (κ3) is 2.21. The first-order valence-corrected chi connectivity index (χ1v) is 5.99. The lowest BCUT2D eigenvalue weighted by Crippen LogP contribution is -2.50. The highest BCUT2D eigenvalue weighted by molar-refractivity contribution is 5.81. The van der Waals surface area contributed by atoms with Crippen LogP contribution in [0.25, 0.3) is 0 Å². The lowest BCUT2D eigenvalue weighted by Gasteiger charge is -2.26. The van der Waals surface area contributed by atoms with Crippen molar-refractivity contribution in [3.63, 3.8) is 0 Å². The van der Waals surface area contributed by atoms with Gasteiger partial charge in [0, 0.05) is 20.2 Å². The van der Waals surface area contributed by atoms with Crippen molar-refractivity contribution in [3.8, 4) is 0 Å². The molecule has 2 fully saturated rings. The van der Waals surface area contributed by atoms with Crippen molar-refractivity contribution in [1.82, 2.24) is 10.3 Å². The molecule has 0 aromatic carbocycles. The summed E-state index contributed by atoms with van der Waals surface area (Å²) in [5.41, 5.74) is 2.23. The van der Waals surface area contributed by atoms with Gasteiger partial charge >= 0.3 is 0 Å². The lowest BCUT2D eigenvalue weighted by molar-refractivity contribution is -0.128. The first kappa shape index (κ1) is 11.8.